The van der Waals surface area contributed by atoms with Crippen LogP contribution in [0.1, 0.15) is 27.9 Å². The molecule has 1 aromatic carbocycles. The van der Waals surface area contributed by atoms with Crippen molar-refractivity contribution in [1.82, 2.24) is 0 Å². The summed E-state index contributed by atoms with van der Waals surface area (Å²) in [7, 11) is 1.09. The first kappa shape index (κ1) is 12.6. The van der Waals surface area contributed by atoms with Crippen molar-refractivity contribution in [2.75, 3.05) is 7.11 Å². The highest BCUT2D eigenvalue weighted by Crippen LogP contribution is 2.32. The number of hydrogen-bond acceptors (Lipinski definition) is 3. The molecule has 0 bridgehead atoms. The van der Waals surface area contributed by atoms with Gasteiger partial charge in [-0.15, -0.1) is 0 Å². The molecule has 0 aromatic heterocycles. The van der Waals surface area contributed by atoms with Crippen molar-refractivity contribution in [3.8, 4) is 6.07 Å². The Balaban J connectivity index is 3.56. The van der Waals surface area contributed by atoms with Crippen LogP contribution in [0.5, 0.6) is 0 Å². The van der Waals surface area contributed by atoms with Gasteiger partial charge in [-0.1, -0.05) is 0 Å². The molecule has 0 fully saturated rings. The zero-order valence-corrected chi connectivity index (χ0v) is 9.72. The second-order valence-electron chi connectivity index (χ2n) is 2.79. The highest BCUT2D eigenvalue weighted by Gasteiger charge is 2.25. The number of halogens is 3. The van der Waals surface area contributed by atoms with E-state index in [-0.39, 0.29) is 15.6 Å². The molecule has 0 unspecified atom stereocenters. The number of rotatable bonds is 2. The molecule has 0 amide bonds. The minimum atomic E-state index is -2.92. The van der Waals surface area contributed by atoms with Crippen LogP contribution in [-0.4, -0.2) is 13.1 Å². The SMILES string of the molecule is COC(=O)c1c(Br)ccc(C#N)c1C(F)F. The minimum Gasteiger partial charge on any atom is -0.465 e. The predicted molar refractivity (Wildman–Crippen MR) is 55.2 cm³/mol. The van der Waals surface area contributed by atoms with Crippen molar-refractivity contribution >= 4 is 21.9 Å². The highest BCUT2D eigenvalue weighted by atomic mass is 79.9. The Morgan fingerprint density at radius 2 is 2.19 bits per heavy atom. The third-order valence-electron chi connectivity index (χ3n) is 1.92. The summed E-state index contributed by atoms with van der Waals surface area (Å²) in [5.74, 6) is -0.903. The molecule has 0 N–H and O–H groups in total. The van der Waals surface area contributed by atoms with Crippen LogP contribution in [0.4, 0.5) is 8.78 Å². The number of ether oxygens (including phenoxy) is 1. The molecule has 1 rings (SSSR count). The third-order valence-corrected chi connectivity index (χ3v) is 2.58. The first-order valence-electron chi connectivity index (χ1n) is 4.11. The number of nitriles is 1. The van der Waals surface area contributed by atoms with Crippen LogP contribution in [-0.2, 0) is 4.74 Å². The van der Waals surface area contributed by atoms with E-state index < -0.39 is 18.0 Å². The monoisotopic (exact) mass is 289 g/mol. The molecule has 0 aliphatic carbocycles. The van der Waals surface area contributed by atoms with Gasteiger partial charge < -0.3 is 4.74 Å². The van der Waals surface area contributed by atoms with E-state index in [9.17, 15) is 13.6 Å². The van der Waals surface area contributed by atoms with Gasteiger partial charge in [0.15, 0.2) is 0 Å². The van der Waals surface area contributed by atoms with Gasteiger partial charge >= 0.3 is 5.97 Å². The maximum Gasteiger partial charge on any atom is 0.339 e. The van der Waals surface area contributed by atoms with Crippen LogP contribution in [0.15, 0.2) is 16.6 Å². The fraction of sp³-hybridized carbons (Fsp3) is 0.200. The zero-order valence-electron chi connectivity index (χ0n) is 8.13. The molecule has 84 valence electrons. The van der Waals surface area contributed by atoms with Gasteiger partial charge in [-0.25, -0.2) is 13.6 Å². The second-order valence-corrected chi connectivity index (χ2v) is 3.64. The number of benzene rings is 1. The standard InChI is InChI=1S/C10H6BrF2NO2/c1-16-10(15)8-6(11)3-2-5(4-14)7(8)9(12)13/h2-3,9H,1H3. The largest absolute Gasteiger partial charge is 0.465 e. The lowest BCUT2D eigenvalue weighted by Crippen LogP contribution is -2.09. The third kappa shape index (κ3) is 2.19. The van der Waals surface area contributed by atoms with E-state index in [2.05, 4.69) is 20.7 Å². The van der Waals surface area contributed by atoms with E-state index in [1.54, 1.807) is 6.07 Å². The molecular weight excluding hydrogens is 284 g/mol. The van der Waals surface area contributed by atoms with Crippen LogP contribution in [0.3, 0.4) is 0 Å². The Labute approximate surface area is 98.8 Å². The van der Waals surface area contributed by atoms with Crippen LogP contribution in [0, 0.1) is 11.3 Å². The Bertz CT molecular complexity index is 469. The number of alkyl halides is 2. The fourth-order valence-corrected chi connectivity index (χ4v) is 1.73. The minimum absolute atomic E-state index is 0.175. The molecule has 1 aromatic rings. The van der Waals surface area contributed by atoms with Crippen molar-refractivity contribution in [1.29, 1.82) is 5.26 Å². The lowest BCUT2D eigenvalue weighted by molar-refractivity contribution is 0.0588. The maximum atomic E-state index is 12.8. The summed E-state index contributed by atoms with van der Waals surface area (Å²) < 4.78 is 30.1. The van der Waals surface area contributed by atoms with Crippen molar-refractivity contribution in [2.24, 2.45) is 0 Å². The Morgan fingerprint density at radius 1 is 1.56 bits per heavy atom. The first-order chi connectivity index (χ1) is 7.52. The molecule has 0 radical (unpaired) electrons. The van der Waals surface area contributed by atoms with Crippen molar-refractivity contribution in [3.05, 3.63) is 33.3 Å². The summed E-state index contributed by atoms with van der Waals surface area (Å²) in [6, 6.07) is 4.19. The van der Waals surface area contributed by atoms with E-state index in [0.29, 0.717) is 0 Å². The van der Waals surface area contributed by atoms with Crippen LogP contribution in [0.2, 0.25) is 0 Å². The highest BCUT2D eigenvalue weighted by molar-refractivity contribution is 9.10. The molecule has 16 heavy (non-hydrogen) atoms. The van der Waals surface area contributed by atoms with Crippen LogP contribution >= 0.6 is 15.9 Å². The summed E-state index contributed by atoms with van der Waals surface area (Å²) in [6.45, 7) is 0. The number of methoxy groups -OCH3 is 1. The molecule has 3 nitrogen and oxygen atoms in total. The van der Waals surface area contributed by atoms with Gasteiger partial charge in [0.05, 0.1) is 29.9 Å². The van der Waals surface area contributed by atoms with E-state index in [1.807, 2.05) is 0 Å². The summed E-state index contributed by atoms with van der Waals surface area (Å²) in [5, 5.41) is 8.69. The van der Waals surface area contributed by atoms with E-state index >= 15 is 0 Å². The van der Waals surface area contributed by atoms with Crippen molar-refractivity contribution < 1.29 is 18.3 Å². The lowest BCUT2D eigenvalue weighted by atomic mass is 10.0. The zero-order chi connectivity index (χ0) is 12.3. The molecule has 0 saturated heterocycles. The van der Waals surface area contributed by atoms with Crippen LogP contribution < -0.4 is 0 Å². The quantitative estimate of drug-likeness (QED) is 0.786. The average Bonchev–Trinajstić information content (AvgIpc) is 2.27. The number of carbonyl (C=O) groups excluding carboxylic acids is 1. The number of nitrogens with zero attached hydrogens (tertiary/aromatic N) is 1. The van der Waals surface area contributed by atoms with Gasteiger partial charge in [0.2, 0.25) is 0 Å². The van der Waals surface area contributed by atoms with Gasteiger partial charge in [-0.3, -0.25) is 0 Å². The Morgan fingerprint density at radius 3 is 2.62 bits per heavy atom. The molecule has 0 heterocycles. The van der Waals surface area contributed by atoms with Crippen molar-refractivity contribution in [2.45, 2.75) is 6.43 Å². The van der Waals surface area contributed by atoms with Gasteiger partial charge in [0.1, 0.15) is 0 Å². The fourth-order valence-electron chi connectivity index (χ4n) is 1.23. The predicted octanol–water partition coefficient (Wildman–Crippen LogP) is 3.04. The average molecular weight is 290 g/mol. The van der Waals surface area contributed by atoms with Gasteiger partial charge in [0.25, 0.3) is 6.43 Å². The normalized spacial score (nSPS) is 10.0. The molecule has 0 spiro atoms. The molecule has 0 saturated carbocycles. The van der Waals surface area contributed by atoms with E-state index in [4.69, 9.17) is 5.26 Å². The summed E-state index contributed by atoms with van der Waals surface area (Å²) in [6.07, 6.45) is -2.92. The maximum absolute atomic E-state index is 12.8. The topological polar surface area (TPSA) is 50.1 Å². The summed E-state index contributed by atoms with van der Waals surface area (Å²) >= 11 is 2.98. The second kappa shape index (κ2) is 5.03. The van der Waals surface area contributed by atoms with Crippen LogP contribution in [0.25, 0.3) is 0 Å². The van der Waals surface area contributed by atoms with E-state index in [1.165, 1.54) is 12.1 Å². The molecule has 0 aliphatic heterocycles. The molecule has 0 atom stereocenters. The number of carbonyl (C=O) groups is 1. The number of hydrogen-bond donors (Lipinski definition) is 0. The smallest absolute Gasteiger partial charge is 0.339 e. The van der Waals surface area contributed by atoms with Crippen molar-refractivity contribution in [3.63, 3.8) is 0 Å². The van der Waals surface area contributed by atoms with E-state index in [0.717, 1.165) is 7.11 Å². The Hall–Kier alpha value is -1.48. The summed E-state index contributed by atoms with van der Waals surface area (Å²) in [4.78, 5) is 11.3. The van der Waals surface area contributed by atoms with Gasteiger partial charge in [-0.05, 0) is 28.1 Å². The molecule has 0 aliphatic rings. The lowest BCUT2D eigenvalue weighted by Gasteiger charge is -2.10. The van der Waals surface area contributed by atoms with Gasteiger partial charge in [0, 0.05) is 4.47 Å². The number of esters is 1. The Kier molecular flexibility index (Phi) is 3.96. The first-order valence-corrected chi connectivity index (χ1v) is 4.91. The molecular formula is C10H6BrF2NO2. The van der Waals surface area contributed by atoms with Gasteiger partial charge in [-0.2, -0.15) is 5.26 Å². The molecule has 6 heteroatoms. The summed E-state index contributed by atoms with van der Waals surface area (Å²) in [5.41, 5.74) is -1.15.